The molecule has 0 aliphatic rings. The summed E-state index contributed by atoms with van der Waals surface area (Å²) >= 11 is 0. The van der Waals surface area contributed by atoms with Gasteiger partial charge in [0.15, 0.2) is 0 Å². The van der Waals surface area contributed by atoms with Gasteiger partial charge >= 0.3 is 0 Å². The third-order valence-corrected chi connectivity index (χ3v) is 3.17. The highest BCUT2D eigenvalue weighted by Gasteiger charge is 2.29. The summed E-state index contributed by atoms with van der Waals surface area (Å²) in [4.78, 5) is 43.0. The van der Waals surface area contributed by atoms with E-state index in [-0.39, 0.29) is 0 Å². The molecule has 2 rings (SSSR count). The monoisotopic (exact) mass is 330 g/mol. The molecule has 0 spiro atoms. The minimum absolute atomic E-state index is 0.728. The number of nitrogens with zero attached hydrogens (tertiary/aromatic N) is 2. The number of hydrogen-bond acceptors (Lipinski definition) is 8. The molecule has 24 heavy (non-hydrogen) atoms. The number of benzene rings is 2. The van der Waals surface area contributed by atoms with Crippen molar-refractivity contribution in [3.05, 3.63) is 67.8 Å². The smallest absolute Gasteiger partial charge is 0.278 e. The lowest BCUT2D eigenvalue weighted by Crippen LogP contribution is -2.26. The van der Waals surface area contributed by atoms with Crippen LogP contribution < -0.4 is 10.2 Å². The fraction of sp³-hybridized carbons (Fsp3) is 0. The van der Waals surface area contributed by atoms with Crippen LogP contribution in [0.25, 0.3) is 11.1 Å². The Morgan fingerprint density at radius 2 is 1.04 bits per heavy atom. The van der Waals surface area contributed by atoms with Crippen molar-refractivity contribution in [3.63, 3.8) is 0 Å². The number of carboxylic acids is 2. The number of nitro groups is 2. The molecule has 10 nitrogen and oxygen atoms in total. The van der Waals surface area contributed by atoms with Crippen LogP contribution >= 0.6 is 0 Å². The van der Waals surface area contributed by atoms with E-state index in [1.165, 1.54) is 0 Å². The molecule has 2 aromatic carbocycles. The molecule has 0 N–H and O–H groups in total. The van der Waals surface area contributed by atoms with Crippen molar-refractivity contribution in [2.45, 2.75) is 0 Å². The number of rotatable bonds is 5. The van der Waals surface area contributed by atoms with E-state index in [0.717, 1.165) is 36.4 Å². The van der Waals surface area contributed by atoms with E-state index < -0.39 is 55.4 Å². The van der Waals surface area contributed by atoms with Gasteiger partial charge in [0.1, 0.15) is 0 Å². The van der Waals surface area contributed by atoms with Crippen LogP contribution in [0.2, 0.25) is 0 Å². The maximum absolute atomic E-state index is 11.3. The summed E-state index contributed by atoms with van der Waals surface area (Å²) in [5, 5.41) is 44.9. The van der Waals surface area contributed by atoms with Crippen LogP contribution in [-0.2, 0) is 0 Å². The summed E-state index contributed by atoms with van der Waals surface area (Å²) in [5.41, 5.74) is -4.58. The minimum Gasteiger partial charge on any atom is -0.545 e. The van der Waals surface area contributed by atoms with E-state index in [2.05, 4.69) is 0 Å². The molecule has 0 aliphatic carbocycles. The quantitative estimate of drug-likeness (QED) is 0.540. The van der Waals surface area contributed by atoms with E-state index >= 15 is 0 Å². The molecule has 2 aromatic rings. The largest absolute Gasteiger partial charge is 0.545 e. The standard InChI is InChI=1S/C14H8N2O8/c17-13(18)7-3-1-5-9(15(21)22)11(7)12-8(14(19)20)4-2-6-10(12)16(23)24/h1-6H,(H,17,18)(H,19,20)/p-2. The molecule has 0 saturated carbocycles. The molecule has 0 amide bonds. The zero-order valence-corrected chi connectivity index (χ0v) is 11.6. The Bertz CT molecular complexity index is 752. The highest BCUT2D eigenvalue weighted by Crippen LogP contribution is 2.40. The fourth-order valence-corrected chi connectivity index (χ4v) is 2.25. The summed E-state index contributed by atoms with van der Waals surface area (Å²) in [7, 11) is 0. The van der Waals surface area contributed by atoms with Gasteiger partial charge in [0.25, 0.3) is 11.4 Å². The van der Waals surface area contributed by atoms with Gasteiger partial charge in [-0.25, -0.2) is 0 Å². The fourth-order valence-electron chi connectivity index (χ4n) is 2.25. The molecule has 10 heteroatoms. The second kappa shape index (κ2) is 6.12. The third-order valence-electron chi connectivity index (χ3n) is 3.17. The second-order valence-electron chi connectivity index (χ2n) is 4.49. The van der Waals surface area contributed by atoms with Crippen molar-refractivity contribution in [3.8, 4) is 11.1 Å². The van der Waals surface area contributed by atoms with Crippen LogP contribution in [0.3, 0.4) is 0 Å². The molecule has 0 aliphatic heterocycles. The summed E-state index contributed by atoms with van der Waals surface area (Å²) < 4.78 is 0. The maximum atomic E-state index is 11.3. The molecule has 0 bridgehead atoms. The Balaban J connectivity index is 3.06. The minimum atomic E-state index is -1.85. The van der Waals surface area contributed by atoms with Gasteiger partial charge in [0.2, 0.25) is 0 Å². The van der Waals surface area contributed by atoms with Gasteiger partial charge in [0.05, 0.1) is 32.9 Å². The van der Waals surface area contributed by atoms with Gasteiger partial charge in [-0.15, -0.1) is 0 Å². The van der Waals surface area contributed by atoms with Crippen LogP contribution in [0.15, 0.2) is 36.4 Å². The van der Waals surface area contributed by atoms with E-state index in [9.17, 15) is 40.0 Å². The zero-order valence-electron chi connectivity index (χ0n) is 11.6. The van der Waals surface area contributed by atoms with Gasteiger partial charge in [-0.05, 0) is 0 Å². The van der Waals surface area contributed by atoms with Crippen LogP contribution in [-0.4, -0.2) is 21.8 Å². The van der Waals surface area contributed by atoms with Gasteiger partial charge in [-0.3, -0.25) is 20.2 Å². The molecular formula is C14H6N2O8-2. The lowest BCUT2D eigenvalue weighted by atomic mass is 9.92. The molecule has 0 fully saturated rings. The second-order valence-corrected chi connectivity index (χ2v) is 4.49. The highest BCUT2D eigenvalue weighted by molar-refractivity contribution is 6.05. The third kappa shape index (κ3) is 2.75. The molecule has 0 unspecified atom stereocenters. The van der Waals surface area contributed by atoms with Gasteiger partial charge in [0, 0.05) is 23.3 Å². The van der Waals surface area contributed by atoms with Gasteiger partial charge in [-0.2, -0.15) is 0 Å². The molecule has 0 heterocycles. The molecule has 0 atom stereocenters. The van der Waals surface area contributed by atoms with Crippen molar-refractivity contribution in [1.82, 2.24) is 0 Å². The first kappa shape index (κ1) is 16.5. The highest BCUT2D eigenvalue weighted by atomic mass is 16.6. The van der Waals surface area contributed by atoms with E-state index in [1.54, 1.807) is 0 Å². The number of carbonyl (C=O) groups is 2. The van der Waals surface area contributed by atoms with Gasteiger partial charge < -0.3 is 19.8 Å². The van der Waals surface area contributed by atoms with Crippen LogP contribution in [0, 0.1) is 20.2 Å². The van der Waals surface area contributed by atoms with E-state index in [0.29, 0.717) is 0 Å². The summed E-state index contributed by atoms with van der Waals surface area (Å²) in [6.07, 6.45) is 0. The summed E-state index contributed by atoms with van der Waals surface area (Å²) in [6.45, 7) is 0. The first-order valence-electron chi connectivity index (χ1n) is 6.23. The average molecular weight is 330 g/mol. The maximum Gasteiger partial charge on any atom is 0.278 e. The van der Waals surface area contributed by atoms with Crippen LogP contribution in [0.1, 0.15) is 20.7 Å². The molecular weight excluding hydrogens is 324 g/mol. The van der Waals surface area contributed by atoms with Crippen molar-refractivity contribution in [2.75, 3.05) is 0 Å². The van der Waals surface area contributed by atoms with Crippen LogP contribution in [0.5, 0.6) is 0 Å². The summed E-state index contributed by atoms with van der Waals surface area (Å²) in [5.74, 6) is -3.70. The Labute approximate surface area is 132 Å². The van der Waals surface area contributed by atoms with Crippen molar-refractivity contribution < 1.29 is 29.6 Å². The Kier molecular flexibility index (Phi) is 4.22. The predicted molar refractivity (Wildman–Crippen MR) is 73.8 cm³/mol. The zero-order chi connectivity index (χ0) is 18.0. The first-order valence-corrected chi connectivity index (χ1v) is 6.23. The Hall–Kier alpha value is -3.82. The van der Waals surface area contributed by atoms with Gasteiger partial charge in [-0.1, -0.05) is 24.3 Å². The van der Waals surface area contributed by atoms with E-state index in [1.807, 2.05) is 0 Å². The van der Waals surface area contributed by atoms with Crippen LogP contribution in [0.4, 0.5) is 11.4 Å². The molecule has 0 radical (unpaired) electrons. The lowest BCUT2D eigenvalue weighted by Gasteiger charge is -2.15. The van der Waals surface area contributed by atoms with Crippen molar-refractivity contribution in [1.29, 1.82) is 0 Å². The SMILES string of the molecule is O=C([O-])c1cccc([N+](=O)[O-])c1-c1c(C(=O)[O-])cccc1[N+](=O)[O-]. The van der Waals surface area contributed by atoms with Crippen molar-refractivity contribution in [2.24, 2.45) is 0 Å². The number of aromatic carboxylic acids is 2. The predicted octanol–water partition coefficient (Wildman–Crippen LogP) is -0.103. The molecule has 0 aromatic heterocycles. The first-order chi connectivity index (χ1) is 11.3. The topological polar surface area (TPSA) is 167 Å². The Morgan fingerprint density at radius 1 is 0.708 bits per heavy atom. The molecule has 122 valence electrons. The number of hydrogen-bond donors (Lipinski definition) is 0. The normalized spacial score (nSPS) is 10.2. The lowest BCUT2D eigenvalue weighted by molar-refractivity contribution is -0.386. The number of carboxylic acid groups (broad SMARTS) is 2. The average Bonchev–Trinajstić information content (AvgIpc) is 2.52. The Morgan fingerprint density at radius 3 is 1.29 bits per heavy atom. The van der Waals surface area contributed by atoms with E-state index in [4.69, 9.17) is 0 Å². The van der Waals surface area contributed by atoms with Crippen molar-refractivity contribution >= 4 is 23.3 Å². The number of nitro benzene ring substituents is 2. The number of carbonyl (C=O) groups excluding carboxylic acids is 2. The summed E-state index contributed by atoms with van der Waals surface area (Å²) in [6, 6.07) is 5.73. The molecule has 0 saturated heterocycles.